The summed E-state index contributed by atoms with van der Waals surface area (Å²) in [6, 6.07) is 14.4. The van der Waals surface area contributed by atoms with Crippen molar-refractivity contribution in [1.82, 2.24) is 9.88 Å². The molecule has 0 aliphatic carbocycles. The van der Waals surface area contributed by atoms with Gasteiger partial charge in [0.1, 0.15) is 6.10 Å². The lowest BCUT2D eigenvalue weighted by Crippen LogP contribution is -2.33. The van der Waals surface area contributed by atoms with Gasteiger partial charge in [-0.1, -0.05) is 18.2 Å². The molecule has 186 valence electrons. The number of aliphatic hydroxyl groups is 1. The van der Waals surface area contributed by atoms with Gasteiger partial charge in [0.15, 0.2) is 0 Å². The molecular formula is C26H26N4O5S. The summed E-state index contributed by atoms with van der Waals surface area (Å²) in [6.07, 6.45) is 0.818. The number of pyridine rings is 1. The van der Waals surface area contributed by atoms with E-state index in [0.29, 0.717) is 31.0 Å². The number of aromatic nitrogens is 1. The molecule has 3 atom stereocenters. The minimum atomic E-state index is -0.389. The predicted octanol–water partition coefficient (Wildman–Crippen LogP) is 3.03. The van der Waals surface area contributed by atoms with Crippen molar-refractivity contribution >= 4 is 46.0 Å². The third kappa shape index (κ3) is 3.95. The lowest BCUT2D eigenvalue weighted by Gasteiger charge is -2.22. The Morgan fingerprint density at radius 3 is 2.89 bits per heavy atom. The Morgan fingerprint density at radius 1 is 1.14 bits per heavy atom. The summed E-state index contributed by atoms with van der Waals surface area (Å²) in [4.78, 5) is 39.4. The van der Waals surface area contributed by atoms with E-state index in [9.17, 15) is 19.5 Å². The zero-order valence-electron chi connectivity index (χ0n) is 19.5. The summed E-state index contributed by atoms with van der Waals surface area (Å²) in [6.45, 7) is 0.957. The summed E-state index contributed by atoms with van der Waals surface area (Å²) in [5.41, 5.74) is 3.20. The number of hydrogen-bond donors (Lipinski definition) is 3. The van der Waals surface area contributed by atoms with Crippen LogP contribution in [0.1, 0.15) is 30.5 Å². The van der Waals surface area contributed by atoms with E-state index in [0.717, 1.165) is 33.5 Å². The number of carbonyl (C=O) groups excluding carboxylic acids is 2. The van der Waals surface area contributed by atoms with Crippen LogP contribution in [0.2, 0.25) is 0 Å². The molecule has 0 unspecified atom stereocenters. The van der Waals surface area contributed by atoms with Gasteiger partial charge < -0.3 is 25.0 Å². The molecule has 2 aromatic carbocycles. The largest absolute Gasteiger partial charge is 0.444 e. The summed E-state index contributed by atoms with van der Waals surface area (Å²) in [5, 5.41) is 17.4. The van der Waals surface area contributed by atoms with Gasteiger partial charge in [-0.25, -0.2) is 4.79 Å². The molecule has 6 rings (SSSR count). The van der Waals surface area contributed by atoms with Crippen LogP contribution in [0.15, 0.2) is 58.2 Å². The van der Waals surface area contributed by atoms with Crippen LogP contribution in [-0.4, -0.2) is 53.2 Å². The Balaban J connectivity index is 1.08. The van der Waals surface area contributed by atoms with Gasteiger partial charge in [0, 0.05) is 16.6 Å². The maximum atomic E-state index is 12.5. The summed E-state index contributed by atoms with van der Waals surface area (Å²) in [7, 11) is 0. The third-order valence-corrected chi connectivity index (χ3v) is 8.14. The van der Waals surface area contributed by atoms with Crippen molar-refractivity contribution in [3.63, 3.8) is 0 Å². The van der Waals surface area contributed by atoms with Crippen molar-refractivity contribution in [3.05, 3.63) is 64.4 Å². The molecule has 1 fully saturated rings. The second-order valence-corrected chi connectivity index (χ2v) is 10.3. The van der Waals surface area contributed by atoms with Crippen LogP contribution in [0, 0.1) is 0 Å². The van der Waals surface area contributed by atoms with Crippen molar-refractivity contribution in [3.8, 4) is 0 Å². The lowest BCUT2D eigenvalue weighted by atomic mass is 10.0. The molecule has 0 saturated carbocycles. The van der Waals surface area contributed by atoms with E-state index in [4.69, 9.17) is 4.74 Å². The Bertz CT molecular complexity index is 1420. The normalized spacial score (nSPS) is 22.6. The van der Waals surface area contributed by atoms with E-state index in [-0.39, 0.29) is 42.4 Å². The zero-order chi connectivity index (χ0) is 24.8. The van der Waals surface area contributed by atoms with Crippen molar-refractivity contribution in [2.24, 2.45) is 0 Å². The number of thioether (sulfide) groups is 1. The molecule has 1 aromatic heterocycles. The van der Waals surface area contributed by atoms with Gasteiger partial charge >= 0.3 is 6.09 Å². The molecule has 9 nitrogen and oxygen atoms in total. The summed E-state index contributed by atoms with van der Waals surface area (Å²) >= 11 is 1.48. The number of fused-ring (bicyclic) bond motifs is 1. The van der Waals surface area contributed by atoms with Crippen LogP contribution >= 0.6 is 11.8 Å². The molecule has 10 heteroatoms. The maximum absolute atomic E-state index is 12.5. The number of hydrogen-bond acceptors (Lipinski definition) is 7. The number of rotatable bonds is 7. The van der Waals surface area contributed by atoms with Gasteiger partial charge in [-0.3, -0.25) is 14.5 Å². The summed E-state index contributed by atoms with van der Waals surface area (Å²) in [5.74, 6) is 0.348. The number of carbonyl (C=O) groups is 2. The number of para-hydroxylation sites is 1. The lowest BCUT2D eigenvalue weighted by molar-refractivity contribution is -0.113. The van der Waals surface area contributed by atoms with Crippen molar-refractivity contribution < 1.29 is 19.4 Å². The number of aliphatic hydroxyl groups excluding tert-OH is 1. The molecule has 3 N–H and O–H groups in total. The second kappa shape index (κ2) is 9.27. The molecule has 4 heterocycles. The molecule has 3 aromatic rings. The molecule has 0 radical (unpaired) electrons. The van der Waals surface area contributed by atoms with E-state index < -0.39 is 0 Å². The Kier molecular flexibility index (Phi) is 5.94. The van der Waals surface area contributed by atoms with Gasteiger partial charge in [-0.15, -0.1) is 11.8 Å². The van der Waals surface area contributed by atoms with E-state index in [1.165, 1.54) is 11.8 Å². The number of ether oxygens (including phenoxy) is 1. The first kappa shape index (κ1) is 23.1. The predicted molar refractivity (Wildman–Crippen MR) is 138 cm³/mol. The first-order chi connectivity index (χ1) is 17.5. The average Bonchev–Trinajstić information content (AvgIpc) is 3.42. The fourth-order valence-corrected chi connectivity index (χ4v) is 6.21. The minimum Gasteiger partial charge on any atom is -0.444 e. The molecule has 1 saturated heterocycles. The molecule has 3 aliphatic rings. The summed E-state index contributed by atoms with van der Waals surface area (Å²) < 4.78 is 7.30. The van der Waals surface area contributed by atoms with Crippen LogP contribution in [-0.2, 0) is 9.53 Å². The standard InChI is InChI=1S/C26H26N4O5S/c31-13-20-24(18-5-1-3-15-6-9-23(33)30(20)25(15)18)27-10-2-4-17-12-29(26(34)35-17)16-7-8-21-19(11-16)28-22(32)14-36-21/h1,3,5-9,11,17,20,24,27,31H,2,4,10,12-14H2,(H,28,32)/t17-,20-,24+/m1/s1. The van der Waals surface area contributed by atoms with Gasteiger partial charge in [-0.2, -0.15) is 0 Å². The Labute approximate surface area is 211 Å². The number of nitrogens with one attached hydrogen (secondary N) is 2. The van der Waals surface area contributed by atoms with E-state index in [2.05, 4.69) is 10.6 Å². The molecular weight excluding hydrogens is 480 g/mol. The van der Waals surface area contributed by atoms with Gasteiger partial charge in [0.05, 0.1) is 42.2 Å². The third-order valence-electron chi connectivity index (χ3n) is 7.07. The second-order valence-electron chi connectivity index (χ2n) is 9.28. The van der Waals surface area contributed by atoms with Crippen LogP contribution in [0.5, 0.6) is 0 Å². The highest BCUT2D eigenvalue weighted by Crippen LogP contribution is 2.39. The zero-order valence-corrected chi connectivity index (χ0v) is 20.3. The van der Waals surface area contributed by atoms with E-state index in [1.54, 1.807) is 15.5 Å². The first-order valence-electron chi connectivity index (χ1n) is 12.1. The van der Waals surface area contributed by atoms with E-state index >= 15 is 0 Å². The van der Waals surface area contributed by atoms with Crippen molar-refractivity contribution in [2.45, 2.75) is 35.9 Å². The molecule has 3 aliphatic heterocycles. The van der Waals surface area contributed by atoms with Gasteiger partial charge in [0.2, 0.25) is 5.91 Å². The fourth-order valence-electron chi connectivity index (χ4n) is 5.42. The quantitative estimate of drug-likeness (QED) is 0.422. The van der Waals surface area contributed by atoms with Gasteiger partial charge in [-0.05, 0) is 54.6 Å². The Hall–Kier alpha value is -3.34. The molecule has 2 amide bonds. The van der Waals surface area contributed by atoms with Crippen LogP contribution < -0.4 is 21.1 Å². The van der Waals surface area contributed by atoms with Gasteiger partial charge in [0.25, 0.3) is 5.56 Å². The Morgan fingerprint density at radius 2 is 2.03 bits per heavy atom. The number of nitrogens with zero attached hydrogens (tertiary/aromatic N) is 2. The highest BCUT2D eigenvalue weighted by molar-refractivity contribution is 8.00. The number of benzene rings is 2. The number of amides is 2. The maximum Gasteiger partial charge on any atom is 0.414 e. The SMILES string of the molecule is O=C1CSc2ccc(N3C[C@@H](CCCN[C@H]4c5cccc6ccc(=O)n(c56)[C@@H]4CO)OC3=O)cc2N1. The molecule has 36 heavy (non-hydrogen) atoms. The van der Waals surface area contributed by atoms with Crippen LogP contribution in [0.4, 0.5) is 16.2 Å². The number of cyclic esters (lactones) is 1. The highest BCUT2D eigenvalue weighted by atomic mass is 32.2. The number of anilines is 2. The monoisotopic (exact) mass is 506 g/mol. The van der Waals surface area contributed by atoms with Crippen molar-refractivity contribution in [2.75, 3.05) is 35.7 Å². The van der Waals surface area contributed by atoms with Crippen LogP contribution in [0.3, 0.4) is 0 Å². The van der Waals surface area contributed by atoms with Crippen LogP contribution in [0.25, 0.3) is 10.9 Å². The minimum absolute atomic E-state index is 0.0473. The first-order valence-corrected chi connectivity index (χ1v) is 13.1. The smallest absolute Gasteiger partial charge is 0.414 e. The van der Waals surface area contributed by atoms with Crippen molar-refractivity contribution in [1.29, 1.82) is 0 Å². The molecule has 0 spiro atoms. The topological polar surface area (TPSA) is 113 Å². The highest BCUT2D eigenvalue weighted by Gasteiger charge is 2.35. The average molecular weight is 507 g/mol. The fraction of sp³-hybridized carbons (Fsp3) is 0.346. The molecule has 0 bridgehead atoms. The van der Waals surface area contributed by atoms with E-state index in [1.807, 2.05) is 42.5 Å².